The molecule has 0 saturated carbocycles. The van der Waals surface area contributed by atoms with E-state index in [0.717, 1.165) is 11.3 Å². The largest absolute Gasteiger partial charge is 0.501 e. The Kier molecular flexibility index (Phi) is 4.05. The van der Waals surface area contributed by atoms with Crippen LogP contribution in [0.4, 0.5) is 0 Å². The van der Waals surface area contributed by atoms with E-state index in [1.54, 1.807) is 7.11 Å². The number of hydrogen-bond donors (Lipinski definition) is 1. The Morgan fingerprint density at radius 2 is 2.21 bits per heavy atom. The second-order valence-corrected chi connectivity index (χ2v) is 4.86. The molecule has 0 spiro atoms. The van der Waals surface area contributed by atoms with Crippen LogP contribution in [0.1, 0.15) is 24.0 Å². The van der Waals surface area contributed by atoms with Crippen LogP contribution in [0.3, 0.4) is 0 Å². The SMILES string of the molecule is COC1=CC=CC(c2cccc(CC(N)=O)c2)C1C. The molecule has 3 heteroatoms. The number of carbonyl (C=O) groups excluding carboxylic acids is 1. The van der Waals surface area contributed by atoms with Crippen molar-refractivity contribution in [3.05, 3.63) is 59.4 Å². The zero-order valence-electron chi connectivity index (χ0n) is 11.3. The van der Waals surface area contributed by atoms with Crippen LogP contribution in [0.25, 0.3) is 0 Å². The third-order valence-electron chi connectivity index (χ3n) is 3.52. The van der Waals surface area contributed by atoms with Crippen molar-refractivity contribution in [1.82, 2.24) is 0 Å². The van der Waals surface area contributed by atoms with E-state index in [1.165, 1.54) is 5.56 Å². The van der Waals surface area contributed by atoms with Crippen LogP contribution in [0, 0.1) is 5.92 Å². The van der Waals surface area contributed by atoms with Gasteiger partial charge in [-0.3, -0.25) is 4.79 Å². The number of allylic oxidation sites excluding steroid dienone is 4. The maximum atomic E-state index is 11.0. The first-order valence-corrected chi connectivity index (χ1v) is 6.41. The fraction of sp³-hybridized carbons (Fsp3) is 0.312. The Hall–Kier alpha value is -2.03. The van der Waals surface area contributed by atoms with Gasteiger partial charge in [-0.1, -0.05) is 43.3 Å². The molecule has 2 atom stereocenters. The van der Waals surface area contributed by atoms with Gasteiger partial charge >= 0.3 is 0 Å². The lowest BCUT2D eigenvalue weighted by Crippen LogP contribution is -2.16. The maximum absolute atomic E-state index is 11.0. The summed E-state index contributed by atoms with van der Waals surface area (Å²) in [5.74, 6) is 1.24. The predicted molar refractivity (Wildman–Crippen MR) is 75.5 cm³/mol. The molecular weight excluding hydrogens is 238 g/mol. The zero-order chi connectivity index (χ0) is 13.8. The Morgan fingerprint density at radius 1 is 1.42 bits per heavy atom. The van der Waals surface area contributed by atoms with Crippen molar-refractivity contribution >= 4 is 5.91 Å². The molecule has 0 fully saturated rings. The average molecular weight is 257 g/mol. The van der Waals surface area contributed by atoms with Crippen molar-refractivity contribution in [1.29, 1.82) is 0 Å². The molecule has 1 aromatic rings. The molecular formula is C16H19NO2. The smallest absolute Gasteiger partial charge is 0.221 e. The fourth-order valence-corrected chi connectivity index (χ4v) is 2.53. The molecule has 2 N–H and O–H groups in total. The van der Waals surface area contributed by atoms with Crippen LogP contribution in [-0.4, -0.2) is 13.0 Å². The number of methoxy groups -OCH3 is 1. The number of ether oxygens (including phenoxy) is 1. The Bertz CT molecular complexity index is 531. The predicted octanol–water partition coefficient (Wildman–Crippen LogP) is 2.53. The highest BCUT2D eigenvalue weighted by molar-refractivity contribution is 5.76. The summed E-state index contributed by atoms with van der Waals surface area (Å²) < 4.78 is 5.39. The number of carbonyl (C=O) groups is 1. The maximum Gasteiger partial charge on any atom is 0.221 e. The van der Waals surface area contributed by atoms with E-state index in [2.05, 4.69) is 25.1 Å². The van der Waals surface area contributed by atoms with Crippen LogP contribution in [0.5, 0.6) is 0 Å². The van der Waals surface area contributed by atoms with Gasteiger partial charge in [0.15, 0.2) is 0 Å². The van der Waals surface area contributed by atoms with Gasteiger partial charge in [0.05, 0.1) is 19.3 Å². The van der Waals surface area contributed by atoms with E-state index in [-0.39, 0.29) is 18.2 Å². The first-order chi connectivity index (χ1) is 9.11. The number of amides is 1. The molecule has 2 unspecified atom stereocenters. The molecule has 0 aromatic heterocycles. The lowest BCUT2D eigenvalue weighted by Gasteiger charge is -2.26. The van der Waals surface area contributed by atoms with Gasteiger partial charge in [0.2, 0.25) is 5.91 Å². The van der Waals surface area contributed by atoms with Gasteiger partial charge in [0, 0.05) is 11.8 Å². The fourth-order valence-electron chi connectivity index (χ4n) is 2.53. The van der Waals surface area contributed by atoms with Gasteiger partial charge in [-0.2, -0.15) is 0 Å². The number of primary amides is 1. The minimum Gasteiger partial charge on any atom is -0.501 e. The summed E-state index contributed by atoms with van der Waals surface area (Å²) in [4.78, 5) is 11.0. The lowest BCUT2D eigenvalue weighted by molar-refractivity contribution is -0.117. The summed E-state index contributed by atoms with van der Waals surface area (Å²) in [5.41, 5.74) is 7.38. The molecule has 0 saturated heterocycles. The van der Waals surface area contributed by atoms with Gasteiger partial charge in [0.25, 0.3) is 0 Å². The Morgan fingerprint density at radius 3 is 2.89 bits per heavy atom. The third-order valence-corrected chi connectivity index (χ3v) is 3.52. The Labute approximate surface area is 113 Å². The molecule has 19 heavy (non-hydrogen) atoms. The van der Waals surface area contributed by atoms with E-state index < -0.39 is 0 Å². The molecule has 2 rings (SSSR count). The first-order valence-electron chi connectivity index (χ1n) is 6.41. The van der Waals surface area contributed by atoms with E-state index in [1.807, 2.05) is 24.3 Å². The summed E-state index contributed by atoms with van der Waals surface area (Å²) in [6.07, 6.45) is 6.46. The summed E-state index contributed by atoms with van der Waals surface area (Å²) in [5, 5.41) is 0. The molecule has 1 aliphatic carbocycles. The van der Waals surface area contributed by atoms with E-state index in [0.29, 0.717) is 5.92 Å². The molecule has 0 aliphatic heterocycles. The summed E-state index contributed by atoms with van der Waals surface area (Å²) >= 11 is 0. The third kappa shape index (κ3) is 3.05. The quantitative estimate of drug-likeness (QED) is 0.901. The van der Waals surface area contributed by atoms with Crippen molar-refractivity contribution in [2.24, 2.45) is 11.7 Å². The van der Waals surface area contributed by atoms with E-state index >= 15 is 0 Å². The standard InChI is InChI=1S/C16H19NO2/c1-11-14(7-4-8-15(11)19-2)13-6-3-5-12(9-13)10-16(17)18/h3-9,11,14H,10H2,1-2H3,(H2,17,18). The van der Waals surface area contributed by atoms with E-state index in [4.69, 9.17) is 10.5 Å². The molecule has 1 aliphatic rings. The number of hydrogen-bond acceptors (Lipinski definition) is 2. The highest BCUT2D eigenvalue weighted by atomic mass is 16.5. The van der Waals surface area contributed by atoms with Crippen LogP contribution in [0.2, 0.25) is 0 Å². The number of nitrogens with two attached hydrogens (primary N) is 1. The molecule has 1 amide bonds. The van der Waals surface area contributed by atoms with Gasteiger partial charge in [-0.05, 0) is 17.2 Å². The highest BCUT2D eigenvalue weighted by Crippen LogP contribution is 2.34. The van der Waals surface area contributed by atoms with Crippen LogP contribution in [0.15, 0.2) is 48.3 Å². The number of rotatable bonds is 4. The molecule has 0 bridgehead atoms. The second kappa shape index (κ2) is 5.74. The van der Waals surface area contributed by atoms with Crippen molar-refractivity contribution in [3.8, 4) is 0 Å². The van der Waals surface area contributed by atoms with Crippen molar-refractivity contribution in [3.63, 3.8) is 0 Å². The summed E-state index contributed by atoms with van der Waals surface area (Å²) in [7, 11) is 1.70. The molecule has 3 nitrogen and oxygen atoms in total. The van der Waals surface area contributed by atoms with E-state index in [9.17, 15) is 4.79 Å². The molecule has 1 aromatic carbocycles. The first kappa shape index (κ1) is 13.4. The Balaban J connectivity index is 2.25. The van der Waals surface area contributed by atoms with Gasteiger partial charge in [-0.25, -0.2) is 0 Å². The average Bonchev–Trinajstić information content (AvgIpc) is 2.38. The van der Waals surface area contributed by atoms with Crippen LogP contribution < -0.4 is 5.73 Å². The normalized spacial score (nSPS) is 21.9. The summed E-state index contributed by atoms with van der Waals surface area (Å²) in [6.45, 7) is 2.14. The zero-order valence-corrected chi connectivity index (χ0v) is 11.3. The van der Waals surface area contributed by atoms with Crippen molar-refractivity contribution in [2.45, 2.75) is 19.3 Å². The topological polar surface area (TPSA) is 52.3 Å². The van der Waals surface area contributed by atoms with Crippen LogP contribution in [-0.2, 0) is 16.0 Å². The molecule has 0 radical (unpaired) electrons. The molecule has 0 heterocycles. The highest BCUT2D eigenvalue weighted by Gasteiger charge is 2.23. The second-order valence-electron chi connectivity index (χ2n) is 4.86. The minimum absolute atomic E-state index is 0.271. The molecule has 100 valence electrons. The minimum atomic E-state index is -0.304. The van der Waals surface area contributed by atoms with Gasteiger partial charge < -0.3 is 10.5 Å². The van der Waals surface area contributed by atoms with Crippen molar-refractivity contribution in [2.75, 3.05) is 7.11 Å². The van der Waals surface area contributed by atoms with Crippen LogP contribution >= 0.6 is 0 Å². The van der Waals surface area contributed by atoms with Crippen molar-refractivity contribution < 1.29 is 9.53 Å². The van der Waals surface area contributed by atoms with Gasteiger partial charge in [0.1, 0.15) is 0 Å². The lowest BCUT2D eigenvalue weighted by atomic mass is 9.82. The summed E-state index contributed by atoms with van der Waals surface area (Å²) in [6, 6.07) is 8.03. The monoisotopic (exact) mass is 257 g/mol. The number of benzene rings is 1. The van der Waals surface area contributed by atoms with Gasteiger partial charge in [-0.15, -0.1) is 0 Å².